The third-order valence-corrected chi connectivity index (χ3v) is 17.4. The first kappa shape index (κ1) is 152. The highest BCUT2D eigenvalue weighted by atomic mass is 19.4. The third kappa shape index (κ3) is 141. The quantitative estimate of drug-likeness (QED) is 0.204. The van der Waals surface area contributed by atoms with E-state index in [2.05, 4.69) is 68.7 Å². The Morgan fingerprint density at radius 3 is 0.681 bits per heavy atom. The molecule has 7 nitrogen and oxygen atoms in total. The van der Waals surface area contributed by atoms with Crippen molar-refractivity contribution in [3.05, 3.63) is 35.9 Å². The lowest BCUT2D eigenvalue weighted by atomic mass is 10.0. The molecule has 0 N–H and O–H groups in total. The third-order valence-electron chi connectivity index (χ3n) is 17.4. The molecule has 0 radical (unpaired) electrons. The van der Waals surface area contributed by atoms with Crippen LogP contribution < -0.4 is 0 Å². The Hall–Kier alpha value is -1.48. The zero-order chi connectivity index (χ0) is 93.5. The largest absolute Gasteiger partial charge is 0.390 e. The van der Waals surface area contributed by atoms with Gasteiger partial charge in [0, 0.05) is 38.8 Å². The second-order valence-corrected chi connectivity index (χ2v) is 24.6. The number of halogens is 6. The molecule has 13 heteroatoms. The van der Waals surface area contributed by atoms with E-state index in [1.54, 1.807) is 0 Å². The first-order valence-electron chi connectivity index (χ1n) is 52.0. The van der Waals surface area contributed by atoms with Gasteiger partial charge in [0.1, 0.15) is 0 Å². The molecule has 1 aromatic rings. The summed E-state index contributed by atoms with van der Waals surface area (Å²) in [6.45, 7) is 97.5. The summed E-state index contributed by atoms with van der Waals surface area (Å²) in [7, 11) is 0. The van der Waals surface area contributed by atoms with E-state index in [0.29, 0.717) is 6.54 Å². The van der Waals surface area contributed by atoms with Crippen LogP contribution >= 0.6 is 0 Å². The average molecular weight is 1690 g/mol. The van der Waals surface area contributed by atoms with E-state index in [9.17, 15) is 26.3 Å². The van der Waals surface area contributed by atoms with Crippen LogP contribution in [-0.4, -0.2) is 172 Å². The van der Waals surface area contributed by atoms with Gasteiger partial charge in [0.2, 0.25) is 0 Å². The second-order valence-electron chi connectivity index (χ2n) is 24.6. The van der Waals surface area contributed by atoms with Crippen LogP contribution in [0.5, 0.6) is 0 Å². The number of benzene rings is 1. The minimum Gasteiger partial charge on any atom is -0.381 e. The number of alkyl halides is 6. The molecular weight excluding hydrogens is 1450 g/mol. The second kappa shape index (κ2) is 154. The van der Waals surface area contributed by atoms with Crippen LogP contribution in [0.3, 0.4) is 0 Å². The van der Waals surface area contributed by atoms with Gasteiger partial charge in [-0.25, -0.2) is 0 Å². The highest BCUT2D eigenvalue weighted by molar-refractivity contribution is 5.14. The van der Waals surface area contributed by atoms with Crippen LogP contribution in [0.4, 0.5) is 26.3 Å². The Kier molecular flexibility index (Phi) is 202. The fraction of sp³-hybridized carbons (Fsp3) is 0.942. The Morgan fingerprint density at radius 1 is 0.259 bits per heavy atom. The van der Waals surface area contributed by atoms with Crippen LogP contribution in [0.15, 0.2) is 30.3 Å². The topological polar surface area (TPSA) is 28.7 Å². The molecule has 7 heterocycles. The Balaban J connectivity index is -0.0000000666. The summed E-state index contributed by atoms with van der Waals surface area (Å²) >= 11 is 0. The van der Waals surface area contributed by atoms with Gasteiger partial charge in [-0.2, -0.15) is 26.3 Å². The molecule has 7 aliphatic heterocycles. The average Bonchev–Trinajstić information content (AvgIpc) is 1.73. The minimum absolute atomic E-state index is 0.184. The van der Waals surface area contributed by atoms with Gasteiger partial charge in [0.05, 0.1) is 6.42 Å². The van der Waals surface area contributed by atoms with E-state index in [-0.39, 0.29) is 13.0 Å². The fourth-order valence-electron chi connectivity index (χ4n) is 11.5. The fourth-order valence-corrected chi connectivity index (χ4v) is 11.5. The van der Waals surface area contributed by atoms with Crippen LogP contribution in [-0.2, 0) is 11.2 Å². The minimum atomic E-state index is -3.99. The molecule has 3 saturated carbocycles. The maximum atomic E-state index is 11.8. The molecule has 0 unspecified atom stereocenters. The lowest BCUT2D eigenvalue weighted by Crippen LogP contribution is -2.32. The molecule has 0 amide bonds. The predicted octanol–water partition coefficient (Wildman–Crippen LogP) is 36.1. The first-order valence-corrected chi connectivity index (χ1v) is 52.0. The summed E-state index contributed by atoms with van der Waals surface area (Å²) in [6, 6.07) is 11.8. The van der Waals surface area contributed by atoms with E-state index in [1.165, 1.54) is 270 Å². The molecule has 0 bridgehead atoms. The molecule has 7 saturated heterocycles. The van der Waals surface area contributed by atoms with Gasteiger partial charge in [-0.3, -0.25) is 0 Å². The van der Waals surface area contributed by atoms with Gasteiger partial charge >= 0.3 is 12.4 Å². The standard InChI is InChI=1S/C13H19N.C9H16F3N.C8H14F3N.C8H15N.2C7H15N.C6H12.C5H10O.C4H8.18C2H6/c1-3-7-13(8-4-1)9-12-14-10-5-2-6-11-14;10-9(11,12)5-4-8-13-6-2-1-3-7-13;9-8(10,11)4-7-12-5-2-1-3-6-12;1-2-6-9(7-3-1)8-4-5-8;2*1-2-8-6-4-3-5-7-8;2*1-2-4-6-5-3-1;1-2-4-3-1;18*1-2/h1,3-4,7-8H,2,5-6,9-12H2;1-8H2;1-7H2;8H,1-7H2;2*2-7H2,1H3;1-6H2;1-5H2;1-4H2;18*1-2H3. The van der Waals surface area contributed by atoms with E-state index >= 15 is 0 Å². The number of piperidine rings is 6. The maximum Gasteiger partial charge on any atom is 0.390 e. The van der Waals surface area contributed by atoms with Crippen molar-refractivity contribution < 1.29 is 31.1 Å². The van der Waals surface area contributed by atoms with Gasteiger partial charge in [0.25, 0.3) is 0 Å². The molecule has 722 valence electrons. The van der Waals surface area contributed by atoms with Crippen LogP contribution in [0, 0.1) is 0 Å². The zero-order valence-corrected chi connectivity index (χ0v) is 87.9. The highest BCUT2D eigenvalue weighted by Gasteiger charge is 2.30. The predicted molar refractivity (Wildman–Crippen MR) is 532 cm³/mol. The van der Waals surface area contributed by atoms with Crippen LogP contribution in [0.2, 0.25) is 0 Å². The normalized spacial score (nSPS) is 16.6. The molecule has 3 aliphatic carbocycles. The van der Waals surface area contributed by atoms with Gasteiger partial charge in [-0.1, -0.05) is 396 Å². The molecule has 0 spiro atoms. The molecule has 10 fully saturated rings. The van der Waals surface area contributed by atoms with E-state index in [0.717, 1.165) is 71.1 Å². The van der Waals surface area contributed by atoms with Gasteiger partial charge in [0.15, 0.2) is 0 Å². The van der Waals surface area contributed by atoms with Gasteiger partial charge in [-0.15, -0.1) is 0 Å². The van der Waals surface area contributed by atoms with Crippen molar-refractivity contribution in [1.29, 1.82) is 0 Å². The van der Waals surface area contributed by atoms with E-state index < -0.39 is 25.2 Å². The molecule has 0 aromatic heterocycles. The summed E-state index contributed by atoms with van der Waals surface area (Å²) in [5.41, 5.74) is 1.47. The Bertz CT molecular complexity index is 1390. The number of hydrogen-bond donors (Lipinski definition) is 0. The summed E-state index contributed by atoms with van der Waals surface area (Å²) in [5.74, 6) is 0. The summed E-state index contributed by atoms with van der Waals surface area (Å²) in [4.78, 5) is 14.3. The van der Waals surface area contributed by atoms with Crippen LogP contribution in [0.1, 0.15) is 500 Å². The molecule has 116 heavy (non-hydrogen) atoms. The summed E-state index contributed by atoms with van der Waals surface area (Å²) in [6.07, 6.45) is 38.1. The van der Waals surface area contributed by atoms with Crippen molar-refractivity contribution in [2.24, 2.45) is 0 Å². The summed E-state index contributed by atoms with van der Waals surface area (Å²) < 4.78 is 75.8. The highest BCUT2D eigenvalue weighted by Crippen LogP contribution is 2.29. The molecule has 10 aliphatic rings. The summed E-state index contributed by atoms with van der Waals surface area (Å²) in [5, 5.41) is 0. The van der Waals surface area contributed by atoms with Crippen molar-refractivity contribution in [2.75, 3.05) is 124 Å². The zero-order valence-electron chi connectivity index (χ0n) is 87.9. The molecule has 1 aromatic carbocycles. The number of hydrogen-bond acceptors (Lipinski definition) is 7. The maximum absolute atomic E-state index is 11.8. The Morgan fingerprint density at radius 2 is 0.474 bits per heavy atom. The van der Waals surface area contributed by atoms with Crippen molar-refractivity contribution in [3.63, 3.8) is 0 Å². The van der Waals surface area contributed by atoms with E-state index in [4.69, 9.17) is 4.74 Å². The lowest BCUT2D eigenvalue weighted by Gasteiger charge is -2.26. The van der Waals surface area contributed by atoms with Gasteiger partial charge in [-0.05, 0) is 226 Å². The monoisotopic (exact) mass is 1680 g/mol. The van der Waals surface area contributed by atoms with Crippen LogP contribution in [0.25, 0.3) is 0 Å². The molecule has 0 atom stereocenters. The lowest BCUT2D eigenvalue weighted by molar-refractivity contribution is -0.138. The number of rotatable bonds is 11. The van der Waals surface area contributed by atoms with Gasteiger partial charge < -0.3 is 34.1 Å². The van der Waals surface area contributed by atoms with E-state index in [1.807, 2.05) is 254 Å². The smallest absolute Gasteiger partial charge is 0.381 e. The van der Waals surface area contributed by atoms with Crippen molar-refractivity contribution in [2.45, 2.75) is 519 Å². The SMILES string of the molecule is C1CCC1.C1CCCCC1.C1CCN(C2CC2)CC1.C1CCOCC1.CC.CC.CC.CC.CC.CC.CC.CC.CC.CC.CC.CC.CC.CC.CC.CC.CC.CC.CCN1CCCCC1.CCN1CCCCC1.FC(F)(F)CCCN1CCCCC1.FC(F)(F)CCN1CCCCC1.c1ccc(CCN2CCCCC2)cc1. The number of ether oxygens (including phenoxy) is 1. The van der Waals surface area contributed by atoms with Crippen molar-refractivity contribution in [3.8, 4) is 0 Å². The van der Waals surface area contributed by atoms with Crippen molar-refractivity contribution in [1.82, 2.24) is 29.4 Å². The van der Waals surface area contributed by atoms with Crippen molar-refractivity contribution >= 4 is 0 Å². The molecular formula is C103H232F6N6O. The Labute approximate surface area is 736 Å². The number of likely N-dealkylation sites (tertiary alicyclic amines) is 6. The first-order chi connectivity index (χ1) is 56.9. The molecule has 11 rings (SSSR count). The number of nitrogens with zero attached hydrogens (tertiary/aromatic N) is 6.